The first kappa shape index (κ1) is 33.4. The van der Waals surface area contributed by atoms with Gasteiger partial charge in [0.05, 0.1) is 0 Å². The third-order valence-corrected chi connectivity index (χ3v) is 3.46. The maximum atomic E-state index is 3.11. The van der Waals surface area contributed by atoms with Crippen LogP contribution in [0.15, 0.2) is 0 Å². The number of hydrogen-bond donors (Lipinski definition) is 1. The molecule has 0 amide bonds. The van der Waals surface area contributed by atoms with Gasteiger partial charge in [-0.1, -0.05) is 55.4 Å². The molecule has 0 spiro atoms. The molecule has 26 heavy (non-hydrogen) atoms. The summed E-state index contributed by atoms with van der Waals surface area (Å²) >= 11 is 0. The molecule has 0 aliphatic rings. The normalized spacial score (nSPS) is 9.92. The fourth-order valence-corrected chi connectivity index (χ4v) is 2.20. The van der Waals surface area contributed by atoms with Gasteiger partial charge in [0.1, 0.15) is 0 Å². The predicted octanol–water partition coefficient (Wildman–Crippen LogP) is 4.66. The maximum Gasteiger partial charge on any atom is -0.00214 e. The molecule has 1 N–H and O–H groups in total. The summed E-state index contributed by atoms with van der Waals surface area (Å²) in [5, 5.41) is 3.11. The molecule has 0 unspecified atom stereocenters. The van der Waals surface area contributed by atoms with Gasteiger partial charge in [0.2, 0.25) is 0 Å². The smallest absolute Gasteiger partial charge is 0.00214 e. The van der Waals surface area contributed by atoms with Crippen molar-refractivity contribution in [2.75, 3.05) is 73.5 Å². The van der Waals surface area contributed by atoms with Crippen molar-refractivity contribution in [3.05, 3.63) is 0 Å². The summed E-state index contributed by atoms with van der Waals surface area (Å²) in [6.07, 6.45) is 3.88. The summed E-state index contributed by atoms with van der Waals surface area (Å²) in [4.78, 5) is 6.92. The van der Waals surface area contributed by atoms with Crippen molar-refractivity contribution in [1.29, 1.82) is 0 Å². The molecular weight excluding hydrogens is 320 g/mol. The predicted molar refractivity (Wildman–Crippen MR) is 125 cm³/mol. The van der Waals surface area contributed by atoms with Crippen LogP contribution in [0.25, 0.3) is 0 Å². The van der Waals surface area contributed by atoms with E-state index in [1.807, 2.05) is 26.0 Å². The second-order valence-electron chi connectivity index (χ2n) is 6.76. The van der Waals surface area contributed by atoms with Gasteiger partial charge in [-0.05, 0) is 92.8 Å². The summed E-state index contributed by atoms with van der Waals surface area (Å²) in [7, 11) is 6.00. The minimum Gasteiger partial charge on any atom is -0.317 e. The average molecular weight is 377 g/mol. The van der Waals surface area contributed by atoms with Crippen LogP contribution in [0.3, 0.4) is 0 Å². The standard InChI is InChI=1S/C9H21N.C6H15N.C4H11N.C3H9N/c1-4-7-10(8-5-2)9-6-3;1-4-7(5-2)6-3;1-3-5-4-2;1-4(2)3/h4-9H2,1-3H3;4-6H2,1-3H3;5H,3-4H2,1-2H3;1-3H3. The lowest BCUT2D eigenvalue weighted by molar-refractivity contribution is 0.275. The van der Waals surface area contributed by atoms with Crippen LogP contribution in [0.4, 0.5) is 0 Å². The van der Waals surface area contributed by atoms with E-state index in [4.69, 9.17) is 0 Å². The lowest BCUT2D eigenvalue weighted by Gasteiger charge is -2.19. The van der Waals surface area contributed by atoms with Crippen molar-refractivity contribution >= 4 is 0 Å². The van der Waals surface area contributed by atoms with Crippen LogP contribution in [0, 0.1) is 0 Å². The summed E-state index contributed by atoms with van der Waals surface area (Å²) in [5.41, 5.74) is 0. The monoisotopic (exact) mass is 376 g/mol. The fourth-order valence-electron chi connectivity index (χ4n) is 2.20. The highest BCUT2D eigenvalue weighted by molar-refractivity contribution is 4.53. The van der Waals surface area contributed by atoms with Crippen molar-refractivity contribution in [2.45, 2.75) is 74.7 Å². The highest BCUT2D eigenvalue weighted by Gasteiger charge is 1.98. The van der Waals surface area contributed by atoms with Crippen molar-refractivity contribution < 1.29 is 0 Å². The first-order valence-corrected chi connectivity index (χ1v) is 11.1. The van der Waals surface area contributed by atoms with E-state index in [9.17, 15) is 0 Å². The molecule has 0 aromatic rings. The topological polar surface area (TPSA) is 21.8 Å². The van der Waals surface area contributed by atoms with Gasteiger partial charge in [0.15, 0.2) is 0 Å². The van der Waals surface area contributed by atoms with Crippen molar-refractivity contribution in [1.82, 2.24) is 20.0 Å². The van der Waals surface area contributed by atoms with Crippen molar-refractivity contribution in [3.8, 4) is 0 Å². The van der Waals surface area contributed by atoms with Crippen LogP contribution in [-0.2, 0) is 0 Å². The third-order valence-electron chi connectivity index (χ3n) is 3.46. The van der Waals surface area contributed by atoms with Gasteiger partial charge in [-0.2, -0.15) is 0 Å². The summed E-state index contributed by atoms with van der Waals surface area (Å²) in [6.45, 7) is 27.1. The summed E-state index contributed by atoms with van der Waals surface area (Å²) < 4.78 is 0. The highest BCUT2D eigenvalue weighted by atomic mass is 15.1. The van der Waals surface area contributed by atoms with Crippen LogP contribution < -0.4 is 5.32 Å². The minimum absolute atomic E-state index is 1.09. The SMILES string of the molecule is CCCN(CCC)CCC.CCN(CC)CC.CCNCC.CN(C)C. The average Bonchev–Trinajstić information content (AvgIpc) is 2.59. The van der Waals surface area contributed by atoms with E-state index in [1.165, 1.54) is 58.5 Å². The van der Waals surface area contributed by atoms with Gasteiger partial charge < -0.3 is 20.0 Å². The zero-order valence-electron chi connectivity index (χ0n) is 20.6. The minimum atomic E-state index is 1.09. The largest absolute Gasteiger partial charge is 0.317 e. The van der Waals surface area contributed by atoms with Crippen LogP contribution in [0.1, 0.15) is 74.7 Å². The lowest BCUT2D eigenvalue weighted by Crippen LogP contribution is -2.25. The zero-order valence-corrected chi connectivity index (χ0v) is 20.6. The van der Waals surface area contributed by atoms with Crippen molar-refractivity contribution in [3.63, 3.8) is 0 Å². The molecule has 0 heterocycles. The molecule has 0 aromatic heterocycles. The lowest BCUT2D eigenvalue weighted by atomic mass is 10.3. The van der Waals surface area contributed by atoms with E-state index in [0.717, 1.165) is 13.1 Å². The van der Waals surface area contributed by atoms with Gasteiger partial charge in [-0.15, -0.1) is 0 Å². The van der Waals surface area contributed by atoms with Gasteiger partial charge in [0, 0.05) is 0 Å². The molecular formula is C22H56N4. The van der Waals surface area contributed by atoms with Gasteiger partial charge in [0.25, 0.3) is 0 Å². The maximum absolute atomic E-state index is 3.11. The third kappa shape index (κ3) is 43.9. The van der Waals surface area contributed by atoms with E-state index in [-0.39, 0.29) is 0 Å². The summed E-state index contributed by atoms with van der Waals surface area (Å²) in [5.74, 6) is 0. The van der Waals surface area contributed by atoms with E-state index in [2.05, 4.69) is 70.5 Å². The molecule has 4 nitrogen and oxygen atoms in total. The number of rotatable bonds is 11. The number of hydrogen-bond acceptors (Lipinski definition) is 4. The molecule has 4 heteroatoms. The Bertz CT molecular complexity index is 170. The van der Waals surface area contributed by atoms with Crippen LogP contribution in [0.2, 0.25) is 0 Å². The fraction of sp³-hybridized carbons (Fsp3) is 1.00. The Balaban J connectivity index is -0.000000133. The molecule has 0 aromatic carbocycles. The quantitative estimate of drug-likeness (QED) is 0.566. The van der Waals surface area contributed by atoms with E-state index in [0.29, 0.717) is 0 Å². The Hall–Kier alpha value is -0.160. The molecule has 0 rings (SSSR count). The summed E-state index contributed by atoms with van der Waals surface area (Å²) in [6, 6.07) is 0. The van der Waals surface area contributed by atoms with Crippen LogP contribution in [0.5, 0.6) is 0 Å². The Morgan fingerprint density at radius 2 is 0.769 bits per heavy atom. The molecule has 0 aliphatic heterocycles. The number of nitrogens with one attached hydrogen (secondary N) is 1. The molecule has 0 atom stereocenters. The first-order valence-electron chi connectivity index (χ1n) is 11.1. The molecule has 0 saturated heterocycles. The number of nitrogens with zero attached hydrogens (tertiary/aromatic N) is 3. The van der Waals surface area contributed by atoms with Gasteiger partial charge in [-0.3, -0.25) is 0 Å². The van der Waals surface area contributed by atoms with Crippen LogP contribution in [-0.4, -0.2) is 88.2 Å². The molecule has 0 aliphatic carbocycles. The van der Waals surface area contributed by atoms with Crippen LogP contribution >= 0.6 is 0 Å². The Morgan fingerprint density at radius 3 is 0.846 bits per heavy atom. The van der Waals surface area contributed by atoms with Gasteiger partial charge in [-0.25, -0.2) is 0 Å². The van der Waals surface area contributed by atoms with Crippen molar-refractivity contribution in [2.24, 2.45) is 0 Å². The molecule has 0 radical (unpaired) electrons. The van der Waals surface area contributed by atoms with E-state index < -0.39 is 0 Å². The van der Waals surface area contributed by atoms with E-state index >= 15 is 0 Å². The zero-order chi connectivity index (χ0) is 21.2. The second kappa shape index (κ2) is 32.5. The molecule has 0 saturated carbocycles. The Labute approximate surface area is 168 Å². The molecule has 164 valence electrons. The highest BCUT2D eigenvalue weighted by Crippen LogP contribution is 1.94. The van der Waals surface area contributed by atoms with Gasteiger partial charge >= 0.3 is 0 Å². The molecule has 0 bridgehead atoms. The first-order chi connectivity index (χ1) is 12.3. The Morgan fingerprint density at radius 1 is 0.500 bits per heavy atom. The molecule has 0 fully saturated rings. The van der Waals surface area contributed by atoms with E-state index in [1.54, 1.807) is 0 Å². The second-order valence-corrected chi connectivity index (χ2v) is 6.76. The Kier molecular flexibility index (Phi) is 41.8.